The molecule has 0 spiro atoms. The van der Waals surface area contributed by atoms with E-state index in [1.807, 2.05) is 0 Å². The van der Waals surface area contributed by atoms with Gasteiger partial charge in [0.1, 0.15) is 17.3 Å². The molecule has 0 atom stereocenters. The molecule has 0 fully saturated rings. The van der Waals surface area contributed by atoms with E-state index in [1.165, 1.54) is 17.0 Å². The third kappa shape index (κ3) is 3.15. The molecule has 0 saturated heterocycles. The minimum Gasteiger partial charge on any atom is -0.433 e. The SMILES string of the molecule is Cn1cnc2c(=O)n(-c3ccc(OC(F)F)cn3)c3nc(C(F)(F)F)ccc3c21. The van der Waals surface area contributed by atoms with E-state index in [1.54, 1.807) is 7.05 Å². The summed E-state index contributed by atoms with van der Waals surface area (Å²) in [6, 6.07) is 4.27. The van der Waals surface area contributed by atoms with E-state index in [9.17, 15) is 26.7 Å². The Morgan fingerprint density at radius 3 is 2.48 bits per heavy atom. The van der Waals surface area contributed by atoms with Gasteiger partial charge in [-0.15, -0.1) is 0 Å². The van der Waals surface area contributed by atoms with Gasteiger partial charge < -0.3 is 9.30 Å². The molecule has 4 rings (SSSR count). The van der Waals surface area contributed by atoms with Gasteiger partial charge in [-0.25, -0.2) is 19.5 Å². The van der Waals surface area contributed by atoms with Crippen LogP contribution in [0, 0.1) is 0 Å². The Labute approximate surface area is 158 Å². The van der Waals surface area contributed by atoms with E-state index in [4.69, 9.17) is 0 Å². The topological polar surface area (TPSA) is 74.8 Å². The largest absolute Gasteiger partial charge is 0.433 e. The third-order valence-corrected chi connectivity index (χ3v) is 4.15. The van der Waals surface area contributed by atoms with Crippen LogP contribution >= 0.6 is 0 Å². The Morgan fingerprint density at radius 1 is 1.10 bits per heavy atom. The summed E-state index contributed by atoms with van der Waals surface area (Å²) >= 11 is 0. The predicted octanol–water partition coefficient (Wildman–Crippen LogP) is 3.29. The molecule has 29 heavy (non-hydrogen) atoms. The molecule has 4 aromatic heterocycles. The second-order valence-electron chi connectivity index (χ2n) is 5.99. The van der Waals surface area contributed by atoms with Crippen LogP contribution in [0.1, 0.15) is 5.69 Å². The van der Waals surface area contributed by atoms with Crippen LogP contribution in [0.4, 0.5) is 22.0 Å². The molecule has 4 heterocycles. The molecule has 0 aromatic carbocycles. The maximum absolute atomic E-state index is 13.2. The molecule has 0 saturated carbocycles. The summed E-state index contributed by atoms with van der Waals surface area (Å²) in [6.07, 6.45) is -2.46. The first kappa shape index (κ1) is 18.8. The predicted molar refractivity (Wildman–Crippen MR) is 91.0 cm³/mol. The fraction of sp³-hybridized carbons (Fsp3) is 0.176. The fourth-order valence-electron chi connectivity index (χ4n) is 2.96. The van der Waals surface area contributed by atoms with Gasteiger partial charge in [-0.1, -0.05) is 0 Å². The zero-order valence-electron chi connectivity index (χ0n) is 14.5. The van der Waals surface area contributed by atoms with E-state index >= 15 is 0 Å². The van der Waals surface area contributed by atoms with Gasteiger partial charge in [0.2, 0.25) is 0 Å². The van der Waals surface area contributed by atoms with Crippen molar-refractivity contribution >= 4 is 22.1 Å². The van der Waals surface area contributed by atoms with Gasteiger partial charge in [-0.2, -0.15) is 22.0 Å². The van der Waals surface area contributed by atoms with Crippen molar-refractivity contribution in [1.82, 2.24) is 24.1 Å². The second-order valence-corrected chi connectivity index (χ2v) is 5.99. The maximum Gasteiger partial charge on any atom is 0.433 e. The first-order valence-corrected chi connectivity index (χ1v) is 8.02. The number of rotatable bonds is 3. The Kier molecular flexibility index (Phi) is 4.21. The van der Waals surface area contributed by atoms with Crippen LogP contribution in [-0.4, -0.2) is 30.7 Å². The number of nitrogens with zero attached hydrogens (tertiary/aromatic N) is 5. The highest BCUT2D eigenvalue weighted by Gasteiger charge is 2.33. The second kappa shape index (κ2) is 6.50. The molecule has 0 aliphatic carbocycles. The summed E-state index contributed by atoms with van der Waals surface area (Å²) in [6.45, 7) is -3.08. The zero-order valence-corrected chi connectivity index (χ0v) is 14.5. The van der Waals surface area contributed by atoms with Crippen LogP contribution in [0.25, 0.3) is 27.9 Å². The molecule has 0 aliphatic rings. The molecule has 0 unspecified atom stereocenters. The highest BCUT2D eigenvalue weighted by molar-refractivity contribution is 6.01. The minimum absolute atomic E-state index is 0.00346. The van der Waals surface area contributed by atoms with Gasteiger partial charge in [-0.05, 0) is 24.3 Å². The lowest BCUT2D eigenvalue weighted by Gasteiger charge is -2.13. The average Bonchev–Trinajstić information content (AvgIpc) is 3.04. The van der Waals surface area contributed by atoms with Crippen molar-refractivity contribution in [2.45, 2.75) is 12.8 Å². The molecular formula is C17H10F5N5O2. The number of imidazole rings is 1. The quantitative estimate of drug-likeness (QED) is 0.484. The molecule has 0 amide bonds. The van der Waals surface area contributed by atoms with E-state index in [0.29, 0.717) is 5.52 Å². The monoisotopic (exact) mass is 411 g/mol. The lowest BCUT2D eigenvalue weighted by molar-refractivity contribution is -0.141. The van der Waals surface area contributed by atoms with Crippen LogP contribution in [-0.2, 0) is 13.2 Å². The normalized spacial score (nSPS) is 12.2. The Bertz CT molecular complexity index is 1280. The number of hydrogen-bond donors (Lipinski definition) is 0. The smallest absolute Gasteiger partial charge is 0.433 e. The molecule has 0 radical (unpaired) electrons. The van der Waals surface area contributed by atoms with Crippen LogP contribution in [0.2, 0.25) is 0 Å². The van der Waals surface area contributed by atoms with E-state index < -0.39 is 24.0 Å². The summed E-state index contributed by atoms with van der Waals surface area (Å²) in [5, 5.41) is 0.238. The van der Waals surface area contributed by atoms with E-state index in [2.05, 4.69) is 19.7 Å². The third-order valence-electron chi connectivity index (χ3n) is 4.15. The molecule has 7 nitrogen and oxygen atoms in total. The molecule has 4 aromatic rings. The van der Waals surface area contributed by atoms with Gasteiger partial charge >= 0.3 is 12.8 Å². The van der Waals surface area contributed by atoms with Crippen molar-refractivity contribution in [3.8, 4) is 11.6 Å². The molecule has 12 heteroatoms. The Hall–Kier alpha value is -3.57. The zero-order chi connectivity index (χ0) is 20.9. The number of aryl methyl sites for hydroxylation is 1. The number of fused-ring (bicyclic) bond motifs is 3. The van der Waals surface area contributed by atoms with Gasteiger partial charge in [0.25, 0.3) is 5.56 Å². The number of ether oxygens (including phenoxy) is 1. The molecule has 0 N–H and O–H groups in total. The number of pyridine rings is 3. The summed E-state index contributed by atoms with van der Waals surface area (Å²) in [4.78, 5) is 24.5. The van der Waals surface area contributed by atoms with Crippen LogP contribution in [0.5, 0.6) is 5.75 Å². The lowest BCUT2D eigenvalue weighted by Crippen LogP contribution is -2.22. The van der Waals surface area contributed by atoms with Crippen molar-refractivity contribution < 1.29 is 26.7 Å². The van der Waals surface area contributed by atoms with E-state index in [-0.39, 0.29) is 28.1 Å². The Balaban J connectivity index is 2.05. The van der Waals surface area contributed by atoms with Crippen LogP contribution < -0.4 is 10.3 Å². The van der Waals surface area contributed by atoms with Gasteiger partial charge in [0.05, 0.1) is 18.0 Å². The van der Waals surface area contributed by atoms with Crippen molar-refractivity contribution in [3.05, 3.63) is 52.8 Å². The first-order chi connectivity index (χ1) is 13.7. The van der Waals surface area contributed by atoms with Gasteiger partial charge in [0.15, 0.2) is 11.2 Å². The lowest BCUT2D eigenvalue weighted by atomic mass is 10.2. The van der Waals surface area contributed by atoms with Crippen molar-refractivity contribution in [3.63, 3.8) is 0 Å². The molecular weight excluding hydrogens is 401 g/mol. The van der Waals surface area contributed by atoms with Crippen LogP contribution in [0.3, 0.4) is 0 Å². The van der Waals surface area contributed by atoms with Gasteiger partial charge in [0, 0.05) is 12.4 Å². The maximum atomic E-state index is 13.2. The minimum atomic E-state index is -4.74. The first-order valence-electron chi connectivity index (χ1n) is 8.02. The van der Waals surface area contributed by atoms with Crippen molar-refractivity contribution in [2.75, 3.05) is 0 Å². The number of alkyl halides is 5. The van der Waals surface area contributed by atoms with Crippen molar-refractivity contribution in [2.24, 2.45) is 7.05 Å². The van der Waals surface area contributed by atoms with Gasteiger partial charge in [-0.3, -0.25) is 4.79 Å². The Morgan fingerprint density at radius 2 is 1.86 bits per heavy atom. The van der Waals surface area contributed by atoms with Crippen molar-refractivity contribution in [1.29, 1.82) is 0 Å². The average molecular weight is 411 g/mol. The highest BCUT2D eigenvalue weighted by atomic mass is 19.4. The molecule has 0 aliphatic heterocycles. The summed E-state index contributed by atoms with van der Waals surface area (Å²) in [7, 11) is 1.59. The number of halogens is 5. The summed E-state index contributed by atoms with van der Waals surface area (Å²) in [5.41, 5.74) is -1.94. The number of aromatic nitrogens is 5. The van der Waals surface area contributed by atoms with Crippen LogP contribution in [0.15, 0.2) is 41.6 Å². The molecule has 150 valence electrons. The number of hydrogen-bond acceptors (Lipinski definition) is 5. The summed E-state index contributed by atoms with van der Waals surface area (Å²) < 4.78 is 70.7. The summed E-state index contributed by atoms with van der Waals surface area (Å²) in [5.74, 6) is -0.398. The standard InChI is InChI=1S/C17H10F5N5O2/c1-26-7-24-12-13(26)9-3-4-10(17(20,21)22)25-14(9)27(15(12)28)11-5-2-8(6-23-11)29-16(18)19/h2-7,16H,1H3. The highest BCUT2D eigenvalue weighted by Crippen LogP contribution is 2.31. The fourth-order valence-corrected chi connectivity index (χ4v) is 2.96. The van der Waals surface area contributed by atoms with E-state index in [0.717, 1.165) is 29.0 Å². The molecule has 0 bridgehead atoms.